The van der Waals surface area contributed by atoms with Crippen LogP contribution in [0.4, 0.5) is 0 Å². The first kappa shape index (κ1) is 19.6. The first-order chi connectivity index (χ1) is 10.9. The Kier molecular flexibility index (Phi) is 9.52. The largest absolute Gasteiger partial charge is 1.00 e. The van der Waals surface area contributed by atoms with Crippen LogP contribution in [0.25, 0.3) is 0 Å². The van der Waals surface area contributed by atoms with Gasteiger partial charge in [0.15, 0.2) is 0 Å². The molecule has 0 bridgehead atoms. The van der Waals surface area contributed by atoms with Crippen LogP contribution in [0.2, 0.25) is 0 Å². The Hall–Kier alpha value is -1.43. The van der Waals surface area contributed by atoms with Crippen LogP contribution in [0.5, 0.6) is 0 Å². The zero-order valence-electron chi connectivity index (χ0n) is 13.2. The van der Waals surface area contributed by atoms with Crippen molar-refractivity contribution in [2.24, 2.45) is 0 Å². The van der Waals surface area contributed by atoms with Crippen molar-refractivity contribution in [3.63, 3.8) is 0 Å². The molecule has 2 heteroatoms. The van der Waals surface area contributed by atoms with E-state index in [1.54, 1.807) is 6.92 Å². The molecule has 3 aromatic carbocycles. The number of benzene rings is 3. The maximum Gasteiger partial charge on any atom is 1.00 e. The van der Waals surface area contributed by atoms with Crippen LogP contribution in [-0.2, 0) is 22.4 Å². The fourth-order valence-electron chi connectivity index (χ4n) is 2.31. The zero-order chi connectivity index (χ0) is 15.6. The van der Waals surface area contributed by atoms with E-state index in [0.29, 0.717) is 0 Å². The second-order valence-corrected chi connectivity index (χ2v) is 7.31. The third-order valence-corrected chi connectivity index (χ3v) is 5.92. The first-order valence-corrected chi connectivity index (χ1v) is 8.84. The second-order valence-electron chi connectivity index (χ2n) is 4.83. The Balaban J connectivity index is 0.000000615. The van der Waals surface area contributed by atoms with Gasteiger partial charge in [-0.2, -0.15) is 6.92 Å². The Bertz CT molecular complexity index is 572. The Morgan fingerprint density at radius 3 is 1.04 bits per heavy atom. The first-order valence-electron chi connectivity index (χ1n) is 7.34. The fourth-order valence-corrected chi connectivity index (χ4v) is 4.89. The Morgan fingerprint density at radius 1 is 0.609 bits per heavy atom. The Labute approximate surface area is 156 Å². The standard InChI is InChI=1S/C18H15P.C3H5.Au/c1-4-10-16(11-5-1)19(17-12-6-2-7-13-17)18-14-8-3-9-15-18;1-3-2;/h1-15H;1H2,2H3;/q;-1;+1/p+1. The summed E-state index contributed by atoms with van der Waals surface area (Å²) in [6.07, 6.45) is 2.50. The van der Waals surface area contributed by atoms with Gasteiger partial charge in [-0.05, 0) is 36.4 Å². The predicted octanol–water partition coefficient (Wildman–Crippen LogP) is 4.17. The van der Waals surface area contributed by atoms with Gasteiger partial charge in [0, 0.05) is 0 Å². The molecule has 3 rings (SSSR count). The topological polar surface area (TPSA) is 0 Å². The van der Waals surface area contributed by atoms with Gasteiger partial charge in [0.25, 0.3) is 0 Å². The van der Waals surface area contributed by atoms with Crippen LogP contribution >= 0.6 is 7.92 Å². The fraction of sp³-hybridized carbons (Fsp3) is 0.0476. The molecule has 0 amide bonds. The summed E-state index contributed by atoms with van der Waals surface area (Å²) in [5, 5.41) is 4.31. The molecular formula is C21H21AuP+. The molecule has 0 saturated carbocycles. The molecule has 0 aliphatic carbocycles. The van der Waals surface area contributed by atoms with Crippen molar-refractivity contribution < 1.29 is 22.4 Å². The van der Waals surface area contributed by atoms with Crippen LogP contribution in [-0.4, -0.2) is 0 Å². The van der Waals surface area contributed by atoms with E-state index in [4.69, 9.17) is 0 Å². The number of allylic oxidation sites excluding steroid dienone is 1. The van der Waals surface area contributed by atoms with E-state index in [0.717, 1.165) is 0 Å². The molecule has 0 saturated heterocycles. The molecule has 0 unspecified atom stereocenters. The maximum atomic E-state index is 3.24. The average Bonchev–Trinajstić information content (AvgIpc) is 2.59. The molecule has 0 atom stereocenters. The molecule has 0 aromatic heterocycles. The maximum absolute atomic E-state index is 3.24. The molecule has 0 heterocycles. The summed E-state index contributed by atoms with van der Waals surface area (Å²) in [5.74, 6) is 0. The monoisotopic (exact) mass is 501 g/mol. The SMILES string of the molecule is C=[C-]C.[Au+].c1ccc([PH+](c2ccccc2)c2ccccc2)cc1. The van der Waals surface area contributed by atoms with Crippen molar-refractivity contribution in [2.75, 3.05) is 0 Å². The molecule has 0 aliphatic heterocycles. The van der Waals surface area contributed by atoms with E-state index in [9.17, 15) is 0 Å². The number of rotatable bonds is 3. The summed E-state index contributed by atoms with van der Waals surface area (Å²) in [4.78, 5) is 0. The van der Waals surface area contributed by atoms with Gasteiger partial charge in [0.2, 0.25) is 0 Å². The van der Waals surface area contributed by atoms with Gasteiger partial charge in [0.1, 0.15) is 15.9 Å². The molecule has 0 fully saturated rings. The van der Waals surface area contributed by atoms with Gasteiger partial charge < -0.3 is 6.08 Å². The Morgan fingerprint density at radius 2 is 0.826 bits per heavy atom. The number of hydrogen-bond donors (Lipinski definition) is 0. The van der Waals surface area contributed by atoms with Crippen molar-refractivity contribution in [3.05, 3.63) is 104 Å². The van der Waals surface area contributed by atoms with Crippen molar-refractivity contribution in [1.82, 2.24) is 0 Å². The van der Waals surface area contributed by atoms with E-state index in [-0.39, 0.29) is 22.4 Å². The van der Waals surface area contributed by atoms with Crippen LogP contribution < -0.4 is 15.9 Å². The van der Waals surface area contributed by atoms with Crippen molar-refractivity contribution in [3.8, 4) is 0 Å². The second kappa shape index (κ2) is 11.2. The molecule has 120 valence electrons. The minimum Gasteiger partial charge on any atom is -0.507 e. The van der Waals surface area contributed by atoms with Crippen LogP contribution in [0.1, 0.15) is 6.92 Å². The van der Waals surface area contributed by atoms with Gasteiger partial charge in [0.05, 0.1) is 7.92 Å². The smallest absolute Gasteiger partial charge is 0.507 e. The average molecular weight is 501 g/mol. The molecule has 0 spiro atoms. The quantitative estimate of drug-likeness (QED) is 0.287. The molecule has 0 nitrogen and oxygen atoms in total. The molecule has 0 radical (unpaired) electrons. The van der Waals surface area contributed by atoms with E-state index < -0.39 is 7.92 Å². The molecule has 0 aliphatic rings. The van der Waals surface area contributed by atoms with E-state index in [1.165, 1.54) is 15.9 Å². The van der Waals surface area contributed by atoms with Gasteiger partial charge in [-0.25, -0.2) is 0 Å². The minimum absolute atomic E-state index is 0. The van der Waals surface area contributed by atoms with Gasteiger partial charge >= 0.3 is 22.4 Å². The van der Waals surface area contributed by atoms with Crippen molar-refractivity contribution in [2.45, 2.75) is 6.92 Å². The molecule has 0 N–H and O–H groups in total. The van der Waals surface area contributed by atoms with Crippen LogP contribution in [0.3, 0.4) is 0 Å². The zero-order valence-corrected chi connectivity index (χ0v) is 16.3. The van der Waals surface area contributed by atoms with E-state index in [2.05, 4.69) is 104 Å². The van der Waals surface area contributed by atoms with Crippen LogP contribution in [0, 0.1) is 6.08 Å². The van der Waals surface area contributed by atoms with Gasteiger partial charge in [-0.15, -0.1) is 0 Å². The van der Waals surface area contributed by atoms with Gasteiger partial charge in [-0.3, -0.25) is 6.58 Å². The normalized spacial score (nSPS) is 9.30. The molecule has 3 aromatic rings. The van der Waals surface area contributed by atoms with E-state index in [1.807, 2.05) is 0 Å². The number of hydrogen-bond acceptors (Lipinski definition) is 0. The molecule has 23 heavy (non-hydrogen) atoms. The summed E-state index contributed by atoms with van der Waals surface area (Å²) < 4.78 is 0. The summed E-state index contributed by atoms with van der Waals surface area (Å²) >= 11 is 0. The summed E-state index contributed by atoms with van der Waals surface area (Å²) in [6, 6.07) is 32.5. The third kappa shape index (κ3) is 5.94. The summed E-state index contributed by atoms with van der Waals surface area (Å²) in [7, 11) is -0.877. The van der Waals surface area contributed by atoms with Crippen LogP contribution in [0.15, 0.2) is 97.6 Å². The van der Waals surface area contributed by atoms with E-state index >= 15 is 0 Å². The van der Waals surface area contributed by atoms with Crippen molar-refractivity contribution >= 4 is 23.8 Å². The van der Waals surface area contributed by atoms with Gasteiger partial charge in [-0.1, -0.05) is 54.6 Å². The summed E-state index contributed by atoms with van der Waals surface area (Å²) in [5.41, 5.74) is 0. The summed E-state index contributed by atoms with van der Waals surface area (Å²) in [6.45, 7) is 5.00. The third-order valence-electron chi connectivity index (χ3n) is 3.19. The predicted molar refractivity (Wildman–Crippen MR) is 101 cm³/mol. The molecular weight excluding hydrogens is 480 g/mol. The van der Waals surface area contributed by atoms with Crippen molar-refractivity contribution in [1.29, 1.82) is 0 Å². The minimum atomic E-state index is -0.877.